The Morgan fingerprint density at radius 3 is 2.60 bits per heavy atom. The van der Waals surface area contributed by atoms with Crippen LogP contribution in [0.5, 0.6) is 5.75 Å². The average molecular weight is 231 g/mol. The van der Waals surface area contributed by atoms with E-state index in [9.17, 15) is 9.59 Å². The molecule has 0 radical (unpaired) electrons. The van der Waals surface area contributed by atoms with Crippen LogP contribution >= 0.6 is 11.6 Å². The summed E-state index contributed by atoms with van der Waals surface area (Å²) in [5.74, 6) is -2.39. The van der Waals surface area contributed by atoms with Crippen molar-refractivity contribution in [2.24, 2.45) is 0 Å². The number of carboxylic acid groups (broad SMARTS) is 1. The SMILES string of the molecule is O=C(CCl)OOc1ccccc1C(=O)O. The second-order valence-electron chi connectivity index (χ2n) is 2.47. The van der Waals surface area contributed by atoms with Crippen LogP contribution in [0.2, 0.25) is 0 Å². The summed E-state index contributed by atoms with van der Waals surface area (Å²) in [4.78, 5) is 30.1. The lowest BCUT2D eigenvalue weighted by Crippen LogP contribution is -2.11. The minimum atomic E-state index is -1.17. The fourth-order valence-electron chi connectivity index (χ4n) is 0.830. The first kappa shape index (κ1) is 11.3. The molecule has 1 aromatic rings. The van der Waals surface area contributed by atoms with Crippen LogP contribution in [0, 0.1) is 0 Å². The fourth-order valence-corrected chi connectivity index (χ4v) is 0.874. The topological polar surface area (TPSA) is 72.8 Å². The number of halogens is 1. The summed E-state index contributed by atoms with van der Waals surface area (Å²) in [7, 11) is 0. The van der Waals surface area contributed by atoms with Crippen LogP contribution in [0.1, 0.15) is 10.4 Å². The van der Waals surface area contributed by atoms with E-state index in [1.54, 1.807) is 6.07 Å². The van der Waals surface area contributed by atoms with Crippen LogP contribution in [-0.4, -0.2) is 22.9 Å². The van der Waals surface area contributed by atoms with E-state index in [1.807, 2.05) is 0 Å². The van der Waals surface area contributed by atoms with Crippen LogP contribution in [0.25, 0.3) is 0 Å². The molecule has 0 aromatic heterocycles. The predicted octanol–water partition coefficient (Wildman–Crippen LogP) is 1.46. The molecule has 1 rings (SSSR count). The van der Waals surface area contributed by atoms with Crippen molar-refractivity contribution in [1.29, 1.82) is 0 Å². The van der Waals surface area contributed by atoms with Crippen LogP contribution in [0.15, 0.2) is 24.3 Å². The number of rotatable bonds is 4. The van der Waals surface area contributed by atoms with Crippen LogP contribution < -0.4 is 4.89 Å². The lowest BCUT2D eigenvalue weighted by atomic mass is 10.2. The predicted molar refractivity (Wildman–Crippen MR) is 50.8 cm³/mol. The van der Waals surface area contributed by atoms with Gasteiger partial charge in [0.1, 0.15) is 11.4 Å². The summed E-state index contributed by atoms with van der Waals surface area (Å²) in [6, 6.07) is 5.77. The van der Waals surface area contributed by atoms with E-state index in [1.165, 1.54) is 18.2 Å². The van der Waals surface area contributed by atoms with Gasteiger partial charge in [0, 0.05) is 0 Å². The second kappa shape index (κ2) is 5.21. The summed E-state index contributed by atoms with van der Waals surface area (Å²) in [6.45, 7) is 0. The molecule has 0 fully saturated rings. The molecule has 0 aliphatic rings. The molecule has 0 unspecified atom stereocenters. The number of alkyl halides is 1. The second-order valence-corrected chi connectivity index (χ2v) is 2.74. The number of carboxylic acids is 1. The van der Waals surface area contributed by atoms with Gasteiger partial charge in [0.25, 0.3) is 0 Å². The minimum absolute atomic E-state index is 0.0523. The molecule has 0 aliphatic heterocycles. The Bertz CT molecular complexity index is 377. The molecule has 0 bridgehead atoms. The van der Waals surface area contributed by atoms with Gasteiger partial charge in [0.2, 0.25) is 0 Å². The van der Waals surface area contributed by atoms with E-state index >= 15 is 0 Å². The maximum Gasteiger partial charge on any atom is 0.370 e. The van der Waals surface area contributed by atoms with Crippen molar-refractivity contribution in [2.45, 2.75) is 0 Å². The van der Waals surface area contributed by atoms with Crippen molar-refractivity contribution in [3.63, 3.8) is 0 Å². The number of benzene rings is 1. The van der Waals surface area contributed by atoms with E-state index < -0.39 is 11.9 Å². The summed E-state index contributed by atoms with van der Waals surface area (Å²) in [5, 5.41) is 8.74. The van der Waals surface area contributed by atoms with Crippen molar-refractivity contribution in [3.8, 4) is 5.75 Å². The lowest BCUT2D eigenvalue weighted by Gasteiger charge is -2.05. The zero-order chi connectivity index (χ0) is 11.3. The molecule has 0 saturated heterocycles. The van der Waals surface area contributed by atoms with Gasteiger partial charge in [-0.05, 0) is 12.1 Å². The van der Waals surface area contributed by atoms with Gasteiger partial charge >= 0.3 is 11.9 Å². The molecule has 0 atom stereocenters. The van der Waals surface area contributed by atoms with E-state index in [2.05, 4.69) is 9.78 Å². The number of hydrogen-bond acceptors (Lipinski definition) is 4. The van der Waals surface area contributed by atoms with Gasteiger partial charge in [-0.1, -0.05) is 12.1 Å². The van der Waals surface area contributed by atoms with Crippen LogP contribution in [0.3, 0.4) is 0 Å². The van der Waals surface area contributed by atoms with E-state index in [4.69, 9.17) is 16.7 Å². The Balaban J connectivity index is 2.76. The number of para-hydroxylation sites is 1. The molecular weight excluding hydrogens is 224 g/mol. The molecular formula is C9H7ClO5. The smallest absolute Gasteiger partial charge is 0.370 e. The largest absolute Gasteiger partial charge is 0.478 e. The first-order chi connectivity index (χ1) is 7.15. The highest BCUT2D eigenvalue weighted by Crippen LogP contribution is 2.17. The third-order valence-corrected chi connectivity index (χ3v) is 1.67. The normalized spacial score (nSPS) is 9.40. The molecule has 15 heavy (non-hydrogen) atoms. The maximum absolute atomic E-state index is 10.7. The molecule has 80 valence electrons. The Labute approximate surface area is 90.1 Å². The number of carbonyl (C=O) groups is 2. The minimum Gasteiger partial charge on any atom is -0.478 e. The zero-order valence-corrected chi connectivity index (χ0v) is 8.23. The Hall–Kier alpha value is -1.75. The van der Waals surface area contributed by atoms with Gasteiger partial charge in [-0.15, -0.1) is 11.6 Å². The molecule has 6 heteroatoms. The van der Waals surface area contributed by atoms with Gasteiger partial charge < -0.3 is 5.11 Å². The van der Waals surface area contributed by atoms with Gasteiger partial charge in [-0.2, -0.15) is 0 Å². The van der Waals surface area contributed by atoms with Crippen molar-refractivity contribution in [3.05, 3.63) is 29.8 Å². The molecule has 0 saturated carbocycles. The summed E-state index contributed by atoms with van der Waals surface area (Å²) in [5.41, 5.74) is -0.0973. The monoisotopic (exact) mass is 230 g/mol. The van der Waals surface area contributed by atoms with Gasteiger partial charge in [0.05, 0.1) is 0 Å². The van der Waals surface area contributed by atoms with E-state index in [0.717, 1.165) is 0 Å². The summed E-state index contributed by atoms with van der Waals surface area (Å²) >= 11 is 5.15. The maximum atomic E-state index is 10.7. The van der Waals surface area contributed by atoms with Crippen molar-refractivity contribution in [1.82, 2.24) is 0 Å². The highest BCUT2D eigenvalue weighted by atomic mass is 35.5. The van der Waals surface area contributed by atoms with E-state index in [-0.39, 0.29) is 17.2 Å². The van der Waals surface area contributed by atoms with E-state index in [0.29, 0.717) is 0 Å². The summed E-state index contributed by atoms with van der Waals surface area (Å²) in [6.07, 6.45) is 0. The van der Waals surface area contributed by atoms with Crippen molar-refractivity contribution >= 4 is 23.5 Å². The molecule has 1 aromatic carbocycles. The molecule has 0 spiro atoms. The molecule has 5 nitrogen and oxygen atoms in total. The highest BCUT2D eigenvalue weighted by Gasteiger charge is 2.12. The molecule has 0 amide bonds. The molecule has 0 aliphatic carbocycles. The first-order valence-electron chi connectivity index (χ1n) is 3.90. The Morgan fingerprint density at radius 1 is 1.33 bits per heavy atom. The zero-order valence-electron chi connectivity index (χ0n) is 7.47. The van der Waals surface area contributed by atoms with Crippen LogP contribution in [0.4, 0.5) is 0 Å². The summed E-state index contributed by atoms with van der Waals surface area (Å²) < 4.78 is 0. The van der Waals surface area contributed by atoms with Crippen molar-refractivity contribution in [2.75, 3.05) is 5.88 Å². The number of hydrogen-bond donors (Lipinski definition) is 1. The van der Waals surface area contributed by atoms with Crippen LogP contribution in [-0.2, 0) is 9.68 Å². The Kier molecular flexibility index (Phi) is 3.93. The lowest BCUT2D eigenvalue weighted by molar-refractivity contribution is -0.210. The molecule has 0 heterocycles. The molecule has 1 N–H and O–H groups in total. The van der Waals surface area contributed by atoms with Gasteiger partial charge in [0.15, 0.2) is 5.75 Å². The average Bonchev–Trinajstić information content (AvgIpc) is 2.26. The van der Waals surface area contributed by atoms with Gasteiger partial charge in [-0.25, -0.2) is 14.5 Å². The van der Waals surface area contributed by atoms with Crippen molar-refractivity contribution < 1.29 is 24.5 Å². The number of carbonyl (C=O) groups excluding carboxylic acids is 1. The third kappa shape index (κ3) is 3.14. The quantitative estimate of drug-likeness (QED) is 0.482. The standard InChI is InChI=1S/C9H7ClO5/c10-5-8(11)15-14-7-4-2-1-3-6(7)9(12)13/h1-4H,5H2,(H,12,13). The third-order valence-electron chi connectivity index (χ3n) is 1.45. The first-order valence-corrected chi connectivity index (χ1v) is 4.44. The van der Waals surface area contributed by atoms with Gasteiger partial charge in [-0.3, -0.25) is 4.89 Å². The fraction of sp³-hybridized carbons (Fsp3) is 0.111. The highest BCUT2D eigenvalue weighted by molar-refractivity contribution is 6.26. The Morgan fingerprint density at radius 2 is 2.00 bits per heavy atom. The number of aromatic carboxylic acids is 1.